The standard InChI is InChI=1S/C25H17BrClIN2O5/c1-34-21-12-15(11-20(28)22(21)35-13-14-2-4-16(26)5-3-14)10-19-23(31)29-25(33)30(24(19)32)18-8-6-17(27)7-9-18/h2-12H,13H2,1H3,(H,29,31,33)/b19-10+. The maximum absolute atomic E-state index is 13.1. The number of amides is 4. The van der Waals surface area contributed by atoms with E-state index >= 15 is 0 Å². The highest BCUT2D eigenvalue weighted by molar-refractivity contribution is 14.1. The highest BCUT2D eigenvalue weighted by Gasteiger charge is 2.36. The number of halogens is 3. The molecule has 0 bridgehead atoms. The van der Waals surface area contributed by atoms with Crippen LogP contribution in [0.3, 0.4) is 0 Å². The fourth-order valence-electron chi connectivity index (χ4n) is 3.35. The number of barbiturate groups is 1. The zero-order valence-electron chi connectivity index (χ0n) is 18.2. The fraction of sp³-hybridized carbons (Fsp3) is 0.0800. The summed E-state index contributed by atoms with van der Waals surface area (Å²) in [5.41, 5.74) is 1.61. The zero-order chi connectivity index (χ0) is 25.1. The Morgan fingerprint density at radius 1 is 1.06 bits per heavy atom. The van der Waals surface area contributed by atoms with Gasteiger partial charge in [-0.3, -0.25) is 14.9 Å². The molecule has 0 atom stereocenters. The molecule has 0 radical (unpaired) electrons. The van der Waals surface area contributed by atoms with E-state index in [1.165, 1.54) is 25.3 Å². The van der Waals surface area contributed by atoms with Gasteiger partial charge in [0, 0.05) is 9.50 Å². The molecule has 1 aliphatic rings. The van der Waals surface area contributed by atoms with Crippen LogP contribution in [-0.4, -0.2) is 25.0 Å². The third kappa shape index (κ3) is 5.68. The van der Waals surface area contributed by atoms with Crippen molar-refractivity contribution in [2.24, 2.45) is 0 Å². The number of hydrogen-bond donors (Lipinski definition) is 1. The fourth-order valence-corrected chi connectivity index (χ4v) is 4.52. The Bertz CT molecular complexity index is 1340. The molecule has 7 nitrogen and oxygen atoms in total. The number of nitrogens with one attached hydrogen (secondary N) is 1. The summed E-state index contributed by atoms with van der Waals surface area (Å²) in [4.78, 5) is 38.9. The number of urea groups is 1. The van der Waals surface area contributed by atoms with Crippen LogP contribution in [-0.2, 0) is 16.2 Å². The first-order valence-corrected chi connectivity index (χ1v) is 12.4. The van der Waals surface area contributed by atoms with Crippen molar-refractivity contribution in [3.05, 3.63) is 90.4 Å². The Hall–Kier alpha value is -2.89. The minimum atomic E-state index is -0.830. The lowest BCUT2D eigenvalue weighted by molar-refractivity contribution is -0.122. The van der Waals surface area contributed by atoms with Gasteiger partial charge in [0.2, 0.25) is 0 Å². The van der Waals surface area contributed by atoms with Gasteiger partial charge in [0.25, 0.3) is 11.8 Å². The smallest absolute Gasteiger partial charge is 0.335 e. The molecule has 35 heavy (non-hydrogen) atoms. The van der Waals surface area contributed by atoms with Crippen LogP contribution in [0.1, 0.15) is 11.1 Å². The molecule has 1 N–H and O–H groups in total. The lowest BCUT2D eigenvalue weighted by atomic mass is 10.1. The summed E-state index contributed by atoms with van der Waals surface area (Å²) in [5, 5.41) is 2.66. The number of hydrogen-bond acceptors (Lipinski definition) is 5. The van der Waals surface area contributed by atoms with Gasteiger partial charge >= 0.3 is 6.03 Å². The van der Waals surface area contributed by atoms with Crippen LogP contribution < -0.4 is 19.7 Å². The lowest BCUT2D eigenvalue weighted by Gasteiger charge is -2.26. The van der Waals surface area contributed by atoms with Crippen LogP contribution in [0.25, 0.3) is 6.08 Å². The van der Waals surface area contributed by atoms with E-state index in [2.05, 4.69) is 43.8 Å². The molecule has 0 spiro atoms. The number of methoxy groups -OCH3 is 1. The van der Waals surface area contributed by atoms with Crippen LogP contribution in [0.5, 0.6) is 11.5 Å². The Labute approximate surface area is 228 Å². The van der Waals surface area contributed by atoms with E-state index in [4.69, 9.17) is 21.1 Å². The predicted octanol–water partition coefficient (Wildman–Crippen LogP) is 5.96. The minimum absolute atomic E-state index is 0.194. The second-order valence-electron chi connectivity index (χ2n) is 7.38. The van der Waals surface area contributed by atoms with Crippen molar-refractivity contribution in [2.45, 2.75) is 6.61 Å². The number of imide groups is 2. The van der Waals surface area contributed by atoms with Crippen molar-refractivity contribution >= 4 is 79.7 Å². The van der Waals surface area contributed by atoms with Gasteiger partial charge in [-0.15, -0.1) is 0 Å². The van der Waals surface area contributed by atoms with Crippen LogP contribution in [0.2, 0.25) is 5.02 Å². The van der Waals surface area contributed by atoms with Crippen molar-refractivity contribution in [2.75, 3.05) is 12.0 Å². The molecule has 0 aliphatic carbocycles. The Morgan fingerprint density at radius 3 is 2.40 bits per heavy atom. The molecule has 178 valence electrons. The van der Waals surface area contributed by atoms with E-state index in [9.17, 15) is 14.4 Å². The predicted molar refractivity (Wildman–Crippen MR) is 145 cm³/mol. The van der Waals surface area contributed by atoms with Gasteiger partial charge in [-0.2, -0.15) is 0 Å². The van der Waals surface area contributed by atoms with Gasteiger partial charge in [-0.25, -0.2) is 9.69 Å². The first-order chi connectivity index (χ1) is 16.8. The molecule has 1 aliphatic heterocycles. The molecule has 4 amide bonds. The molecule has 3 aromatic carbocycles. The number of ether oxygens (including phenoxy) is 2. The summed E-state index contributed by atoms with van der Waals surface area (Å²) in [7, 11) is 1.51. The molecular formula is C25H17BrClIN2O5. The van der Waals surface area contributed by atoms with Gasteiger partial charge in [0.15, 0.2) is 11.5 Å². The third-order valence-electron chi connectivity index (χ3n) is 5.05. The van der Waals surface area contributed by atoms with Crippen LogP contribution >= 0.6 is 50.1 Å². The van der Waals surface area contributed by atoms with Crippen molar-refractivity contribution in [3.8, 4) is 11.5 Å². The average molecular weight is 668 g/mol. The monoisotopic (exact) mass is 666 g/mol. The molecule has 0 unspecified atom stereocenters. The van der Waals surface area contributed by atoms with E-state index < -0.39 is 17.8 Å². The maximum atomic E-state index is 13.1. The van der Waals surface area contributed by atoms with Crippen molar-refractivity contribution in [3.63, 3.8) is 0 Å². The van der Waals surface area contributed by atoms with Gasteiger partial charge in [-0.05, 0) is 88.3 Å². The highest BCUT2D eigenvalue weighted by atomic mass is 127. The number of anilines is 1. The summed E-state index contributed by atoms with van der Waals surface area (Å²) >= 11 is 11.4. The Kier molecular flexibility index (Phi) is 7.78. The first kappa shape index (κ1) is 25.2. The van der Waals surface area contributed by atoms with E-state index in [1.807, 2.05) is 24.3 Å². The summed E-state index contributed by atoms with van der Waals surface area (Å²) in [6.45, 7) is 0.332. The Morgan fingerprint density at radius 2 is 1.74 bits per heavy atom. The van der Waals surface area contributed by atoms with Gasteiger partial charge in [0.05, 0.1) is 16.4 Å². The molecule has 10 heteroatoms. The lowest BCUT2D eigenvalue weighted by Crippen LogP contribution is -2.54. The first-order valence-electron chi connectivity index (χ1n) is 10.2. The average Bonchev–Trinajstić information content (AvgIpc) is 2.83. The molecule has 3 aromatic rings. The minimum Gasteiger partial charge on any atom is -0.493 e. The van der Waals surface area contributed by atoms with Gasteiger partial charge in [0.1, 0.15) is 12.2 Å². The summed E-state index contributed by atoms with van der Waals surface area (Å²) in [5.74, 6) is -0.550. The molecule has 1 heterocycles. The van der Waals surface area contributed by atoms with Crippen molar-refractivity contribution < 1.29 is 23.9 Å². The number of carbonyl (C=O) groups is 3. The SMILES string of the molecule is COc1cc(/C=C2\C(=O)NC(=O)N(c3ccc(Cl)cc3)C2=O)cc(I)c1OCc1ccc(Br)cc1. The van der Waals surface area contributed by atoms with Crippen LogP contribution in [0, 0.1) is 3.57 Å². The summed E-state index contributed by atoms with van der Waals surface area (Å²) < 4.78 is 13.2. The molecule has 1 saturated heterocycles. The number of rotatable bonds is 6. The normalized spacial score (nSPS) is 14.8. The molecule has 0 saturated carbocycles. The number of benzene rings is 3. The number of nitrogens with zero attached hydrogens (tertiary/aromatic N) is 1. The molecule has 0 aromatic heterocycles. The third-order valence-corrected chi connectivity index (χ3v) is 6.63. The Balaban J connectivity index is 1.63. The van der Waals surface area contributed by atoms with Crippen molar-refractivity contribution in [1.29, 1.82) is 0 Å². The second-order valence-corrected chi connectivity index (χ2v) is 9.90. The quantitative estimate of drug-likeness (QED) is 0.199. The van der Waals surface area contributed by atoms with E-state index in [0.717, 1.165) is 18.5 Å². The summed E-state index contributed by atoms with van der Waals surface area (Å²) in [6.07, 6.45) is 1.41. The maximum Gasteiger partial charge on any atom is 0.335 e. The topological polar surface area (TPSA) is 84.9 Å². The van der Waals surface area contributed by atoms with E-state index in [-0.39, 0.29) is 5.57 Å². The van der Waals surface area contributed by atoms with Crippen LogP contribution in [0.4, 0.5) is 10.5 Å². The van der Waals surface area contributed by atoms with Crippen molar-refractivity contribution in [1.82, 2.24) is 5.32 Å². The molecule has 1 fully saturated rings. The van der Waals surface area contributed by atoms with Gasteiger partial charge in [-0.1, -0.05) is 39.7 Å². The highest BCUT2D eigenvalue weighted by Crippen LogP contribution is 2.35. The molecule has 4 rings (SSSR count). The zero-order valence-corrected chi connectivity index (χ0v) is 22.7. The largest absolute Gasteiger partial charge is 0.493 e. The molecular weight excluding hydrogens is 651 g/mol. The number of carbonyl (C=O) groups excluding carboxylic acids is 3. The van der Waals surface area contributed by atoms with E-state index in [1.54, 1.807) is 24.3 Å². The van der Waals surface area contributed by atoms with Gasteiger partial charge < -0.3 is 9.47 Å². The van der Waals surface area contributed by atoms with E-state index in [0.29, 0.717) is 34.4 Å². The summed E-state index contributed by atoms with van der Waals surface area (Å²) in [6, 6.07) is 16.5. The van der Waals surface area contributed by atoms with Crippen LogP contribution in [0.15, 0.2) is 70.7 Å². The second kappa shape index (κ2) is 10.8.